The van der Waals surface area contributed by atoms with Crippen molar-refractivity contribution in [2.24, 2.45) is 0 Å². The molecule has 1 N–H and O–H groups in total. The van der Waals surface area contributed by atoms with Gasteiger partial charge in [-0.2, -0.15) is 13.2 Å². The summed E-state index contributed by atoms with van der Waals surface area (Å²) in [4.78, 5) is 28.1. The molecule has 0 unspecified atom stereocenters. The van der Waals surface area contributed by atoms with E-state index in [1.165, 1.54) is 11.0 Å². The number of alkyl halides is 3. The number of hydrogen-bond acceptors (Lipinski definition) is 3. The van der Waals surface area contributed by atoms with E-state index in [0.717, 1.165) is 43.7 Å². The molecule has 1 heterocycles. The molecule has 2 atom stereocenters. The van der Waals surface area contributed by atoms with Crippen LogP contribution >= 0.6 is 0 Å². The summed E-state index contributed by atoms with van der Waals surface area (Å²) in [6.07, 6.45) is 1.17. The molecule has 1 aliphatic carbocycles. The number of hydrogen-bond donors (Lipinski definition) is 1. The van der Waals surface area contributed by atoms with Crippen LogP contribution in [0.1, 0.15) is 93.1 Å². The zero-order valence-corrected chi connectivity index (χ0v) is 21.7. The van der Waals surface area contributed by atoms with E-state index in [1.54, 1.807) is 13.8 Å². The Hall–Kier alpha value is -3.03. The van der Waals surface area contributed by atoms with Crippen LogP contribution in [-0.2, 0) is 11.0 Å². The minimum atomic E-state index is -4.77. The fraction of sp³-hybridized carbons (Fsp3) is 0.517. The van der Waals surface area contributed by atoms with Gasteiger partial charge >= 0.3 is 6.18 Å². The summed E-state index contributed by atoms with van der Waals surface area (Å²) in [6.45, 7) is 5.47. The SMILES string of the molecule is CCCCCN1C(=O)C(C)(C)Oc2cc(C(F)(F)F)c(C(=O)N[C@H]3CCCC[C@@H]3c3ccccc3)cc21. The smallest absolute Gasteiger partial charge is 0.417 e. The lowest BCUT2D eigenvalue weighted by Crippen LogP contribution is -2.53. The van der Waals surface area contributed by atoms with Gasteiger partial charge in [0.25, 0.3) is 11.8 Å². The summed E-state index contributed by atoms with van der Waals surface area (Å²) in [5.41, 5.74) is -1.58. The van der Waals surface area contributed by atoms with Crippen LogP contribution in [0.25, 0.3) is 0 Å². The van der Waals surface area contributed by atoms with E-state index < -0.39 is 28.8 Å². The minimum absolute atomic E-state index is 0.0297. The Morgan fingerprint density at radius 1 is 1.11 bits per heavy atom. The van der Waals surface area contributed by atoms with Crippen molar-refractivity contribution in [3.8, 4) is 5.75 Å². The van der Waals surface area contributed by atoms with Gasteiger partial charge in [0.2, 0.25) is 0 Å². The molecular formula is C29H35F3N2O3. The van der Waals surface area contributed by atoms with Crippen molar-refractivity contribution in [1.82, 2.24) is 5.32 Å². The van der Waals surface area contributed by atoms with Crippen LogP contribution in [0, 0.1) is 0 Å². The fourth-order valence-corrected chi connectivity index (χ4v) is 5.43. The lowest BCUT2D eigenvalue weighted by atomic mass is 9.80. The van der Waals surface area contributed by atoms with Gasteiger partial charge in [-0.1, -0.05) is 62.9 Å². The van der Waals surface area contributed by atoms with Gasteiger partial charge in [-0.25, -0.2) is 0 Å². The van der Waals surface area contributed by atoms with Crippen molar-refractivity contribution in [3.05, 3.63) is 59.2 Å². The van der Waals surface area contributed by atoms with Crippen LogP contribution in [-0.4, -0.2) is 30.0 Å². The molecule has 1 aliphatic heterocycles. The normalized spacial score (nSPS) is 21.2. The Labute approximate surface area is 216 Å². The fourth-order valence-electron chi connectivity index (χ4n) is 5.43. The number of unbranched alkanes of at least 4 members (excludes halogenated alkanes) is 2. The topological polar surface area (TPSA) is 58.6 Å². The van der Waals surface area contributed by atoms with Crippen molar-refractivity contribution >= 4 is 17.5 Å². The number of halogens is 3. The van der Waals surface area contributed by atoms with Crippen LogP contribution in [0.4, 0.5) is 18.9 Å². The van der Waals surface area contributed by atoms with Gasteiger partial charge in [-0.3, -0.25) is 9.59 Å². The quantitative estimate of drug-likeness (QED) is 0.409. The molecule has 0 radical (unpaired) electrons. The maximum absolute atomic E-state index is 14.2. The van der Waals surface area contributed by atoms with Crippen LogP contribution in [0.15, 0.2) is 42.5 Å². The molecule has 0 bridgehead atoms. The van der Waals surface area contributed by atoms with Crippen molar-refractivity contribution < 1.29 is 27.5 Å². The monoisotopic (exact) mass is 516 g/mol. The Balaban J connectivity index is 1.71. The molecule has 200 valence electrons. The lowest BCUT2D eigenvalue weighted by molar-refractivity contribution is -0.138. The third-order valence-electron chi connectivity index (χ3n) is 7.36. The van der Waals surface area contributed by atoms with E-state index in [9.17, 15) is 22.8 Å². The van der Waals surface area contributed by atoms with Crippen molar-refractivity contribution in [2.75, 3.05) is 11.4 Å². The Kier molecular flexibility index (Phi) is 7.85. The van der Waals surface area contributed by atoms with E-state index >= 15 is 0 Å². The lowest BCUT2D eigenvalue weighted by Gasteiger charge is -2.39. The molecule has 2 aromatic rings. The Morgan fingerprint density at radius 3 is 2.49 bits per heavy atom. The van der Waals surface area contributed by atoms with E-state index in [1.807, 2.05) is 37.3 Å². The number of nitrogens with one attached hydrogen (secondary N) is 1. The molecule has 2 aliphatic rings. The summed E-state index contributed by atoms with van der Waals surface area (Å²) >= 11 is 0. The van der Waals surface area contributed by atoms with Crippen molar-refractivity contribution in [2.45, 2.75) is 89.5 Å². The molecule has 0 aromatic heterocycles. The van der Waals surface area contributed by atoms with E-state index in [-0.39, 0.29) is 29.3 Å². The highest BCUT2D eigenvalue weighted by Crippen LogP contribution is 2.44. The summed E-state index contributed by atoms with van der Waals surface area (Å²) in [5, 5.41) is 2.91. The largest absolute Gasteiger partial charge is 0.476 e. The molecule has 2 aromatic carbocycles. The number of amides is 2. The molecule has 2 amide bonds. The predicted molar refractivity (Wildman–Crippen MR) is 137 cm³/mol. The van der Waals surface area contributed by atoms with Crippen molar-refractivity contribution in [3.63, 3.8) is 0 Å². The first-order chi connectivity index (χ1) is 17.5. The van der Waals surface area contributed by atoms with Gasteiger partial charge < -0.3 is 15.0 Å². The second kappa shape index (κ2) is 10.8. The van der Waals surface area contributed by atoms with Crippen LogP contribution in [0.5, 0.6) is 5.75 Å². The number of nitrogens with zero attached hydrogens (tertiary/aromatic N) is 1. The van der Waals surface area contributed by atoms with Gasteiger partial charge in [-0.15, -0.1) is 0 Å². The molecule has 1 fully saturated rings. The van der Waals surface area contributed by atoms with E-state index in [4.69, 9.17) is 4.74 Å². The minimum Gasteiger partial charge on any atom is -0.476 e. The summed E-state index contributed by atoms with van der Waals surface area (Å²) in [6, 6.07) is 11.5. The molecule has 8 heteroatoms. The highest BCUT2D eigenvalue weighted by Gasteiger charge is 2.44. The second-order valence-electron chi connectivity index (χ2n) is 10.5. The number of benzene rings is 2. The Bertz CT molecular complexity index is 1130. The van der Waals surface area contributed by atoms with Gasteiger partial charge in [0.1, 0.15) is 5.75 Å². The summed E-state index contributed by atoms with van der Waals surface area (Å²) in [5.74, 6) is -1.13. The first-order valence-corrected chi connectivity index (χ1v) is 13.1. The van der Waals surface area contributed by atoms with Crippen LogP contribution in [0.3, 0.4) is 0 Å². The predicted octanol–water partition coefficient (Wildman–Crippen LogP) is 6.86. The average molecular weight is 517 g/mol. The third-order valence-corrected chi connectivity index (χ3v) is 7.36. The van der Waals surface area contributed by atoms with Gasteiger partial charge in [0, 0.05) is 18.5 Å². The number of rotatable bonds is 7. The highest BCUT2D eigenvalue weighted by molar-refractivity contribution is 6.05. The number of carbonyl (C=O) groups is 2. The van der Waals surface area contributed by atoms with Crippen LogP contribution in [0.2, 0.25) is 0 Å². The Morgan fingerprint density at radius 2 is 1.81 bits per heavy atom. The molecular weight excluding hydrogens is 481 g/mol. The van der Waals surface area contributed by atoms with Gasteiger partial charge in [0.05, 0.1) is 16.8 Å². The zero-order chi connectivity index (χ0) is 26.8. The highest BCUT2D eigenvalue weighted by atomic mass is 19.4. The number of anilines is 1. The number of carbonyl (C=O) groups excluding carboxylic acids is 2. The molecule has 37 heavy (non-hydrogen) atoms. The van der Waals surface area contributed by atoms with Gasteiger partial charge in [-0.05, 0) is 50.8 Å². The summed E-state index contributed by atoms with van der Waals surface area (Å²) in [7, 11) is 0. The first-order valence-electron chi connectivity index (χ1n) is 13.1. The summed E-state index contributed by atoms with van der Waals surface area (Å²) < 4.78 is 48.3. The molecule has 0 spiro atoms. The molecule has 4 rings (SSSR count). The third kappa shape index (κ3) is 5.78. The van der Waals surface area contributed by atoms with E-state index in [0.29, 0.717) is 19.4 Å². The van der Waals surface area contributed by atoms with Crippen molar-refractivity contribution in [1.29, 1.82) is 0 Å². The maximum atomic E-state index is 14.2. The maximum Gasteiger partial charge on any atom is 0.417 e. The molecule has 5 nitrogen and oxygen atoms in total. The zero-order valence-electron chi connectivity index (χ0n) is 21.7. The number of fused-ring (bicyclic) bond motifs is 1. The van der Waals surface area contributed by atoms with E-state index in [2.05, 4.69) is 5.32 Å². The van der Waals surface area contributed by atoms with Crippen LogP contribution < -0.4 is 15.0 Å². The average Bonchev–Trinajstić information content (AvgIpc) is 2.86. The first kappa shape index (κ1) is 27.0. The van der Waals surface area contributed by atoms with Gasteiger partial charge in [0.15, 0.2) is 5.60 Å². The molecule has 1 saturated carbocycles. The number of ether oxygens (including phenoxy) is 1. The standard InChI is InChI=1S/C29H35F3N2O3/c1-4-5-11-16-34-24-17-21(22(29(30,31)32)18-25(24)37-28(2,3)27(34)36)26(35)33-23-15-10-9-14-20(23)19-12-7-6-8-13-19/h6-8,12-13,17-18,20,23H,4-5,9-11,14-16H2,1-3H3,(H,33,35)/t20-,23+/m1/s1. The second-order valence-corrected chi connectivity index (χ2v) is 10.5. The molecule has 0 saturated heterocycles.